The van der Waals surface area contributed by atoms with Gasteiger partial charge in [0, 0.05) is 16.1 Å². The number of nitrogens with one attached hydrogen (secondary N) is 1. The maximum Gasteiger partial charge on any atom is 0.262 e. The number of carbonyl (C=O) groups is 1. The molecule has 138 valence electrons. The molecule has 7 heteroatoms. The van der Waals surface area contributed by atoms with E-state index in [1.807, 2.05) is 12.1 Å². The van der Waals surface area contributed by atoms with Crippen molar-refractivity contribution in [2.24, 2.45) is 0 Å². The molecular formula is C20H18ClN3O2S. The quantitative estimate of drug-likeness (QED) is 0.726. The third kappa shape index (κ3) is 3.82. The molecule has 2 aromatic heterocycles. The van der Waals surface area contributed by atoms with Gasteiger partial charge in [-0.25, -0.2) is 4.98 Å². The zero-order valence-electron chi connectivity index (χ0n) is 14.6. The van der Waals surface area contributed by atoms with E-state index in [0.29, 0.717) is 10.4 Å². The number of hydrogen-bond donors (Lipinski definition) is 1. The molecule has 0 atom stereocenters. The number of aromatic nitrogens is 2. The fourth-order valence-electron chi connectivity index (χ4n) is 3.30. The Morgan fingerprint density at radius 2 is 2.04 bits per heavy atom. The average molecular weight is 400 g/mol. The van der Waals surface area contributed by atoms with E-state index in [1.165, 1.54) is 15.8 Å². The molecule has 0 unspecified atom stereocenters. The van der Waals surface area contributed by atoms with Crippen LogP contribution in [0.25, 0.3) is 16.3 Å². The second kappa shape index (κ2) is 7.66. The summed E-state index contributed by atoms with van der Waals surface area (Å²) in [7, 11) is 0. The summed E-state index contributed by atoms with van der Waals surface area (Å²) in [6.45, 7) is -0.0582. The predicted molar refractivity (Wildman–Crippen MR) is 109 cm³/mol. The second-order valence-corrected chi connectivity index (χ2v) is 8.04. The van der Waals surface area contributed by atoms with Crippen LogP contribution in [-0.2, 0) is 24.2 Å². The fourth-order valence-corrected chi connectivity index (χ4v) is 4.64. The van der Waals surface area contributed by atoms with Crippen LogP contribution < -0.4 is 10.9 Å². The molecule has 0 spiro atoms. The number of carbonyl (C=O) groups excluding carboxylic acids is 1. The van der Waals surface area contributed by atoms with Gasteiger partial charge in [-0.2, -0.15) is 0 Å². The predicted octanol–water partition coefficient (Wildman–Crippen LogP) is 3.78. The lowest BCUT2D eigenvalue weighted by Crippen LogP contribution is -2.30. The summed E-state index contributed by atoms with van der Waals surface area (Å²) in [6.07, 6.45) is 9.01. The van der Waals surface area contributed by atoms with Gasteiger partial charge in [0.05, 0.1) is 11.7 Å². The van der Waals surface area contributed by atoms with Crippen LogP contribution in [0.15, 0.2) is 41.6 Å². The van der Waals surface area contributed by atoms with E-state index < -0.39 is 0 Å². The standard InChI is InChI=1S/C20H18ClN3O2S/c21-14-7-5-13(6-8-14)9-10-22-17(25)11-24-12-23-19-18(20(24)26)15-3-1-2-4-16(15)27-19/h5-10,12H,1-4,11H2,(H,22,25)/b10-9+. The van der Waals surface area contributed by atoms with Crippen LogP contribution in [0.2, 0.25) is 5.02 Å². The third-order valence-electron chi connectivity index (χ3n) is 4.65. The second-order valence-electron chi connectivity index (χ2n) is 6.52. The topological polar surface area (TPSA) is 64.0 Å². The van der Waals surface area contributed by atoms with Gasteiger partial charge >= 0.3 is 0 Å². The molecule has 5 nitrogen and oxygen atoms in total. The Kier molecular flexibility index (Phi) is 5.09. The largest absolute Gasteiger partial charge is 0.331 e. The lowest BCUT2D eigenvalue weighted by molar-refractivity contribution is -0.120. The monoisotopic (exact) mass is 399 g/mol. The van der Waals surface area contributed by atoms with Gasteiger partial charge in [0.2, 0.25) is 5.91 Å². The highest BCUT2D eigenvalue weighted by Gasteiger charge is 2.20. The van der Waals surface area contributed by atoms with E-state index in [1.54, 1.807) is 35.7 Å². The number of amides is 1. The number of rotatable bonds is 4. The zero-order chi connectivity index (χ0) is 18.8. The highest BCUT2D eigenvalue weighted by atomic mass is 35.5. The molecule has 0 saturated carbocycles. The summed E-state index contributed by atoms with van der Waals surface area (Å²) in [5, 5.41) is 4.05. The lowest BCUT2D eigenvalue weighted by Gasteiger charge is -2.10. The lowest BCUT2D eigenvalue weighted by atomic mass is 9.97. The first-order chi connectivity index (χ1) is 13.1. The molecule has 3 aromatic rings. The summed E-state index contributed by atoms with van der Waals surface area (Å²) < 4.78 is 1.38. The molecule has 0 fully saturated rings. The third-order valence-corrected chi connectivity index (χ3v) is 6.10. The van der Waals surface area contributed by atoms with Crippen LogP contribution >= 0.6 is 22.9 Å². The van der Waals surface area contributed by atoms with Crippen molar-refractivity contribution in [3.05, 3.63) is 68.2 Å². The Bertz CT molecular complexity index is 1080. The van der Waals surface area contributed by atoms with Gasteiger partial charge < -0.3 is 5.32 Å². The van der Waals surface area contributed by atoms with Crippen LogP contribution in [0, 0.1) is 0 Å². The number of hydrogen-bond acceptors (Lipinski definition) is 4. The molecule has 0 bridgehead atoms. The number of benzene rings is 1. The van der Waals surface area contributed by atoms with Crippen molar-refractivity contribution in [3.8, 4) is 0 Å². The first-order valence-corrected chi connectivity index (χ1v) is 10.0. The van der Waals surface area contributed by atoms with Gasteiger partial charge in [-0.1, -0.05) is 23.7 Å². The van der Waals surface area contributed by atoms with Crippen LogP contribution in [0.1, 0.15) is 28.8 Å². The Morgan fingerprint density at radius 3 is 2.85 bits per heavy atom. The Balaban J connectivity index is 1.49. The van der Waals surface area contributed by atoms with Crippen LogP contribution in [0.4, 0.5) is 0 Å². The van der Waals surface area contributed by atoms with Crippen molar-refractivity contribution >= 4 is 45.1 Å². The van der Waals surface area contributed by atoms with E-state index >= 15 is 0 Å². The molecule has 0 radical (unpaired) electrons. The van der Waals surface area contributed by atoms with Gasteiger partial charge in [0.15, 0.2) is 0 Å². The molecule has 27 heavy (non-hydrogen) atoms. The number of nitrogens with zero attached hydrogens (tertiary/aromatic N) is 2. The van der Waals surface area contributed by atoms with Gasteiger partial charge in [0.25, 0.3) is 5.56 Å². The van der Waals surface area contributed by atoms with E-state index in [2.05, 4.69) is 10.3 Å². The normalized spacial score (nSPS) is 13.8. The molecule has 1 aliphatic rings. The summed E-state index contributed by atoms with van der Waals surface area (Å²) in [4.78, 5) is 31.5. The van der Waals surface area contributed by atoms with E-state index in [-0.39, 0.29) is 18.0 Å². The van der Waals surface area contributed by atoms with Gasteiger partial charge in [-0.05, 0) is 55.0 Å². The van der Waals surface area contributed by atoms with Gasteiger partial charge in [-0.15, -0.1) is 11.3 Å². The first-order valence-electron chi connectivity index (χ1n) is 8.83. The molecule has 2 heterocycles. The Labute approximate surface area is 165 Å². The summed E-state index contributed by atoms with van der Waals surface area (Å²) in [5.41, 5.74) is 1.93. The maximum atomic E-state index is 12.8. The maximum absolute atomic E-state index is 12.8. The minimum Gasteiger partial charge on any atom is -0.331 e. The van der Waals surface area contributed by atoms with Crippen molar-refractivity contribution in [1.29, 1.82) is 0 Å². The molecule has 1 N–H and O–H groups in total. The van der Waals surface area contributed by atoms with Crippen molar-refractivity contribution in [2.75, 3.05) is 0 Å². The summed E-state index contributed by atoms with van der Waals surface area (Å²) in [5.74, 6) is -0.271. The highest BCUT2D eigenvalue weighted by molar-refractivity contribution is 7.18. The summed E-state index contributed by atoms with van der Waals surface area (Å²) >= 11 is 7.46. The van der Waals surface area contributed by atoms with Crippen molar-refractivity contribution in [3.63, 3.8) is 0 Å². The molecule has 4 rings (SSSR count). The van der Waals surface area contributed by atoms with Gasteiger partial charge in [0.1, 0.15) is 11.4 Å². The molecule has 1 amide bonds. The number of aryl methyl sites for hydroxylation is 2. The Morgan fingerprint density at radius 1 is 1.26 bits per heavy atom. The number of fused-ring (bicyclic) bond motifs is 3. The fraction of sp³-hybridized carbons (Fsp3) is 0.250. The van der Waals surface area contributed by atoms with Crippen LogP contribution in [0.3, 0.4) is 0 Å². The zero-order valence-corrected chi connectivity index (χ0v) is 16.1. The molecule has 1 aromatic carbocycles. The summed E-state index contributed by atoms with van der Waals surface area (Å²) in [6, 6.07) is 7.27. The van der Waals surface area contributed by atoms with Crippen LogP contribution in [-0.4, -0.2) is 15.5 Å². The highest BCUT2D eigenvalue weighted by Crippen LogP contribution is 2.33. The van der Waals surface area contributed by atoms with E-state index in [0.717, 1.165) is 41.6 Å². The number of thiophene rings is 1. The van der Waals surface area contributed by atoms with Crippen molar-refractivity contribution in [2.45, 2.75) is 32.2 Å². The van der Waals surface area contributed by atoms with Crippen molar-refractivity contribution in [1.82, 2.24) is 14.9 Å². The first kappa shape index (κ1) is 17.9. The average Bonchev–Trinajstić information content (AvgIpc) is 3.05. The molecule has 1 aliphatic carbocycles. The molecule has 0 aliphatic heterocycles. The Hall–Kier alpha value is -2.44. The minimum atomic E-state index is -0.271. The molecule has 0 saturated heterocycles. The minimum absolute atomic E-state index is 0.0582. The molecular weight excluding hydrogens is 382 g/mol. The number of halogens is 1. The van der Waals surface area contributed by atoms with Crippen molar-refractivity contribution < 1.29 is 4.79 Å². The SMILES string of the molecule is O=C(Cn1cnc2sc3c(c2c1=O)CCCC3)N/C=C/c1ccc(Cl)cc1. The smallest absolute Gasteiger partial charge is 0.262 e. The van der Waals surface area contributed by atoms with Crippen LogP contribution in [0.5, 0.6) is 0 Å². The van der Waals surface area contributed by atoms with E-state index in [4.69, 9.17) is 11.6 Å². The van der Waals surface area contributed by atoms with Gasteiger partial charge in [-0.3, -0.25) is 14.2 Å². The van der Waals surface area contributed by atoms with E-state index in [9.17, 15) is 9.59 Å².